The van der Waals surface area contributed by atoms with E-state index in [9.17, 15) is 22.4 Å². The molecule has 1 rings (SSSR count). The van der Waals surface area contributed by atoms with Gasteiger partial charge in [0, 0.05) is 6.61 Å². The topological polar surface area (TPSA) is 26.3 Å². The lowest BCUT2D eigenvalue weighted by Gasteiger charge is -2.36. The Morgan fingerprint density at radius 1 is 1.17 bits per heavy atom. The molecule has 24 heavy (non-hydrogen) atoms. The van der Waals surface area contributed by atoms with E-state index in [0.29, 0.717) is 25.0 Å². The highest BCUT2D eigenvalue weighted by Gasteiger charge is 2.40. The molecule has 0 heterocycles. The summed E-state index contributed by atoms with van der Waals surface area (Å²) in [4.78, 5) is 11.2. The van der Waals surface area contributed by atoms with Crippen LogP contribution in [0.4, 0.5) is 17.6 Å². The van der Waals surface area contributed by atoms with Crippen LogP contribution in [0.25, 0.3) is 0 Å². The predicted molar refractivity (Wildman–Crippen MR) is 88.3 cm³/mol. The molecule has 0 N–H and O–H groups in total. The van der Waals surface area contributed by atoms with Gasteiger partial charge in [-0.2, -0.15) is 13.2 Å². The highest BCUT2D eigenvalue weighted by molar-refractivity contribution is 6.74. The zero-order valence-corrected chi connectivity index (χ0v) is 15.7. The Morgan fingerprint density at radius 2 is 1.75 bits per heavy atom. The van der Waals surface area contributed by atoms with Gasteiger partial charge in [-0.25, -0.2) is 4.39 Å². The number of halogens is 4. The summed E-state index contributed by atoms with van der Waals surface area (Å²) in [5.74, 6) is -3.31. The predicted octanol–water partition coefficient (Wildman–Crippen LogP) is 5.53. The first-order valence-electron chi connectivity index (χ1n) is 7.79. The van der Waals surface area contributed by atoms with Crippen molar-refractivity contribution < 1.29 is 26.8 Å². The Bertz CT molecular complexity index is 589. The van der Waals surface area contributed by atoms with Gasteiger partial charge in [0.15, 0.2) is 8.32 Å². The van der Waals surface area contributed by atoms with E-state index in [1.165, 1.54) is 6.07 Å². The molecule has 0 aliphatic heterocycles. The highest BCUT2D eigenvalue weighted by Crippen LogP contribution is 2.36. The van der Waals surface area contributed by atoms with Gasteiger partial charge < -0.3 is 4.43 Å². The summed E-state index contributed by atoms with van der Waals surface area (Å²) in [5, 5.41) is 0.0785. The maximum absolute atomic E-state index is 13.5. The second-order valence-corrected chi connectivity index (χ2v) is 12.2. The number of alkyl halides is 3. The molecule has 0 spiro atoms. The fraction of sp³-hybridized carbons (Fsp3) is 0.588. The minimum Gasteiger partial charge on any atom is -0.417 e. The molecular formula is C17H24F4O2Si. The largest absolute Gasteiger partial charge is 0.454 e. The maximum Gasteiger partial charge on any atom is 0.454 e. The number of rotatable bonds is 6. The van der Waals surface area contributed by atoms with Crippen molar-refractivity contribution in [1.82, 2.24) is 0 Å². The van der Waals surface area contributed by atoms with Crippen LogP contribution >= 0.6 is 0 Å². The van der Waals surface area contributed by atoms with Crippen molar-refractivity contribution in [1.29, 1.82) is 0 Å². The van der Waals surface area contributed by atoms with Crippen LogP contribution in [0.2, 0.25) is 18.1 Å². The summed E-state index contributed by atoms with van der Waals surface area (Å²) in [6.45, 7) is 11.1. The number of ketones is 1. The molecule has 0 amide bonds. The van der Waals surface area contributed by atoms with Crippen molar-refractivity contribution in [3.05, 3.63) is 35.1 Å². The van der Waals surface area contributed by atoms with Gasteiger partial charge in [-0.05, 0) is 48.7 Å². The third-order valence-electron chi connectivity index (χ3n) is 4.41. The first-order valence-corrected chi connectivity index (χ1v) is 10.7. The molecule has 0 aromatic heterocycles. The Morgan fingerprint density at radius 3 is 2.25 bits per heavy atom. The molecule has 136 valence electrons. The molecule has 7 heteroatoms. The molecular weight excluding hydrogens is 340 g/mol. The number of aryl methyl sites for hydroxylation is 1. The van der Waals surface area contributed by atoms with Gasteiger partial charge in [0.1, 0.15) is 5.82 Å². The van der Waals surface area contributed by atoms with E-state index in [4.69, 9.17) is 4.43 Å². The summed E-state index contributed by atoms with van der Waals surface area (Å²) < 4.78 is 56.9. The van der Waals surface area contributed by atoms with Crippen LogP contribution in [-0.2, 0) is 10.8 Å². The molecule has 0 bridgehead atoms. The lowest BCUT2D eigenvalue weighted by atomic mass is 10.0. The standard InChI is InChI=1S/C17H24F4O2Si/c1-16(2,3)24(4,5)23-10-6-7-12-8-9-14(18)13(11-12)15(22)17(19,20)21/h8-9,11H,6-7,10H2,1-5H3. The second kappa shape index (κ2) is 7.35. The first kappa shape index (κ1) is 20.8. The Kier molecular flexibility index (Phi) is 6.38. The molecule has 0 saturated heterocycles. The van der Waals surface area contributed by atoms with Crippen LogP contribution in [0.5, 0.6) is 0 Å². The van der Waals surface area contributed by atoms with Gasteiger partial charge >= 0.3 is 6.18 Å². The summed E-state index contributed by atoms with van der Waals surface area (Å²) >= 11 is 0. The fourth-order valence-corrected chi connectivity index (χ4v) is 2.96. The van der Waals surface area contributed by atoms with E-state index >= 15 is 0 Å². The average molecular weight is 364 g/mol. The molecule has 1 aromatic carbocycles. The van der Waals surface area contributed by atoms with Crippen molar-refractivity contribution in [3.8, 4) is 0 Å². The van der Waals surface area contributed by atoms with E-state index in [0.717, 1.165) is 12.1 Å². The Hall–Kier alpha value is -1.21. The van der Waals surface area contributed by atoms with E-state index in [1.54, 1.807) is 0 Å². The number of carbonyl (C=O) groups excluding carboxylic acids is 1. The van der Waals surface area contributed by atoms with E-state index < -0.39 is 31.7 Å². The molecule has 0 aliphatic rings. The third kappa shape index (κ3) is 5.41. The molecule has 1 aromatic rings. The SMILES string of the molecule is CC(C)(C)[Si](C)(C)OCCCc1ccc(F)c(C(=O)C(F)(F)F)c1. The van der Waals surface area contributed by atoms with Crippen LogP contribution in [0.3, 0.4) is 0 Å². The number of hydrogen-bond donors (Lipinski definition) is 0. The van der Waals surface area contributed by atoms with Gasteiger partial charge in [-0.1, -0.05) is 26.8 Å². The number of Topliss-reactive ketones (excluding diaryl/α,β-unsaturated/α-hetero) is 1. The van der Waals surface area contributed by atoms with Gasteiger partial charge in [-0.15, -0.1) is 0 Å². The normalized spacial score (nSPS) is 13.2. The Balaban J connectivity index is 2.70. The Labute approximate surface area is 141 Å². The van der Waals surface area contributed by atoms with Crippen molar-refractivity contribution in [2.45, 2.75) is 57.9 Å². The molecule has 0 unspecified atom stereocenters. The third-order valence-corrected chi connectivity index (χ3v) is 8.95. The van der Waals surface area contributed by atoms with Gasteiger partial charge in [0.25, 0.3) is 5.78 Å². The van der Waals surface area contributed by atoms with E-state index in [1.807, 2.05) is 0 Å². The molecule has 0 radical (unpaired) electrons. The summed E-state index contributed by atoms with van der Waals surface area (Å²) in [7, 11) is -1.87. The summed E-state index contributed by atoms with van der Waals surface area (Å²) in [6, 6.07) is 3.29. The van der Waals surface area contributed by atoms with Crippen molar-refractivity contribution in [2.75, 3.05) is 6.61 Å². The second-order valence-electron chi connectivity index (χ2n) is 7.35. The molecule has 0 saturated carbocycles. The minimum absolute atomic E-state index is 0.0785. The van der Waals surface area contributed by atoms with Crippen LogP contribution in [-0.4, -0.2) is 26.9 Å². The van der Waals surface area contributed by atoms with Gasteiger partial charge in [-0.3, -0.25) is 4.79 Å². The van der Waals surface area contributed by atoms with E-state index in [2.05, 4.69) is 33.9 Å². The zero-order valence-electron chi connectivity index (χ0n) is 14.7. The summed E-state index contributed by atoms with van der Waals surface area (Å²) in [6.07, 6.45) is -4.06. The quantitative estimate of drug-likeness (QED) is 0.287. The highest BCUT2D eigenvalue weighted by atomic mass is 28.4. The number of hydrogen-bond acceptors (Lipinski definition) is 2. The van der Waals surface area contributed by atoms with Crippen LogP contribution in [0.1, 0.15) is 43.1 Å². The number of benzene rings is 1. The van der Waals surface area contributed by atoms with Gasteiger partial charge in [0.2, 0.25) is 0 Å². The lowest BCUT2D eigenvalue weighted by molar-refractivity contribution is -0.0887. The fourth-order valence-electron chi connectivity index (χ4n) is 1.87. The molecule has 0 atom stereocenters. The molecule has 0 aliphatic carbocycles. The minimum atomic E-state index is -5.08. The van der Waals surface area contributed by atoms with Crippen molar-refractivity contribution in [3.63, 3.8) is 0 Å². The van der Waals surface area contributed by atoms with Crippen LogP contribution in [0, 0.1) is 5.82 Å². The molecule has 0 fully saturated rings. The van der Waals surface area contributed by atoms with Crippen LogP contribution in [0.15, 0.2) is 18.2 Å². The average Bonchev–Trinajstić information content (AvgIpc) is 2.42. The maximum atomic E-state index is 13.5. The summed E-state index contributed by atoms with van der Waals surface area (Å²) in [5.41, 5.74) is -0.437. The smallest absolute Gasteiger partial charge is 0.417 e. The number of carbonyl (C=O) groups is 1. The van der Waals surface area contributed by atoms with Gasteiger partial charge in [0.05, 0.1) is 5.56 Å². The first-order chi connectivity index (χ1) is 10.8. The van der Waals surface area contributed by atoms with Crippen molar-refractivity contribution >= 4 is 14.1 Å². The molecule has 2 nitrogen and oxygen atoms in total. The lowest BCUT2D eigenvalue weighted by Crippen LogP contribution is -2.41. The van der Waals surface area contributed by atoms with E-state index in [-0.39, 0.29) is 5.04 Å². The van der Waals surface area contributed by atoms with Crippen molar-refractivity contribution in [2.24, 2.45) is 0 Å². The van der Waals surface area contributed by atoms with Crippen LogP contribution < -0.4 is 0 Å². The zero-order chi connectivity index (χ0) is 18.8. The monoisotopic (exact) mass is 364 g/mol.